The minimum Gasteiger partial charge on any atom is -0.466 e. The molecule has 0 heterocycles. The Hall–Kier alpha value is -2.36. The van der Waals surface area contributed by atoms with Gasteiger partial charge in [0.25, 0.3) is 0 Å². The molecule has 0 aliphatic heterocycles. The van der Waals surface area contributed by atoms with E-state index in [-0.39, 0.29) is 11.9 Å². The van der Waals surface area contributed by atoms with E-state index in [2.05, 4.69) is 23.5 Å². The van der Waals surface area contributed by atoms with E-state index >= 15 is 0 Å². The molecule has 0 saturated carbocycles. The van der Waals surface area contributed by atoms with Gasteiger partial charge in [-0.3, -0.25) is 9.59 Å². The van der Waals surface area contributed by atoms with Crippen molar-refractivity contribution in [3.63, 3.8) is 0 Å². The third kappa shape index (κ3) is 5.69. The SMILES string of the molecule is CCCCOC(=O)CCCC(=O)NCc1cccc2ccccc12. The molecule has 1 N–H and O–H groups in total. The predicted octanol–water partition coefficient (Wildman–Crippen LogP) is 3.97. The van der Waals surface area contributed by atoms with Gasteiger partial charge in [-0.15, -0.1) is 0 Å². The van der Waals surface area contributed by atoms with Crippen LogP contribution in [0.3, 0.4) is 0 Å². The summed E-state index contributed by atoms with van der Waals surface area (Å²) in [6.45, 7) is 3.03. The molecule has 0 fully saturated rings. The number of hydrogen-bond donors (Lipinski definition) is 1. The van der Waals surface area contributed by atoms with Gasteiger partial charge in [-0.2, -0.15) is 0 Å². The van der Waals surface area contributed by atoms with E-state index in [4.69, 9.17) is 4.74 Å². The lowest BCUT2D eigenvalue weighted by Gasteiger charge is -2.08. The Kier molecular flexibility index (Phi) is 7.27. The lowest BCUT2D eigenvalue weighted by Crippen LogP contribution is -2.22. The first kappa shape index (κ1) is 18.0. The highest BCUT2D eigenvalue weighted by Gasteiger charge is 2.07. The molecule has 128 valence electrons. The molecule has 2 aromatic carbocycles. The fourth-order valence-electron chi connectivity index (χ4n) is 2.52. The quantitative estimate of drug-likeness (QED) is 0.560. The minimum atomic E-state index is -0.217. The van der Waals surface area contributed by atoms with Crippen LogP contribution in [0.15, 0.2) is 42.5 Å². The largest absolute Gasteiger partial charge is 0.466 e. The highest BCUT2D eigenvalue weighted by molar-refractivity contribution is 5.86. The van der Waals surface area contributed by atoms with Crippen molar-refractivity contribution in [3.8, 4) is 0 Å². The smallest absolute Gasteiger partial charge is 0.305 e. The third-order valence-corrected chi connectivity index (χ3v) is 3.90. The fraction of sp³-hybridized carbons (Fsp3) is 0.400. The molecule has 0 aliphatic carbocycles. The monoisotopic (exact) mass is 327 g/mol. The summed E-state index contributed by atoms with van der Waals surface area (Å²) in [5.74, 6) is -0.255. The Balaban J connectivity index is 1.72. The lowest BCUT2D eigenvalue weighted by molar-refractivity contribution is -0.143. The molecule has 2 aromatic rings. The first-order valence-corrected chi connectivity index (χ1v) is 8.59. The minimum absolute atomic E-state index is 0.0377. The van der Waals surface area contributed by atoms with Gasteiger partial charge in [-0.05, 0) is 29.2 Å². The van der Waals surface area contributed by atoms with Crippen molar-refractivity contribution < 1.29 is 14.3 Å². The van der Waals surface area contributed by atoms with Crippen LogP contribution in [0.4, 0.5) is 0 Å². The van der Waals surface area contributed by atoms with Crippen LogP contribution in [0.25, 0.3) is 10.8 Å². The topological polar surface area (TPSA) is 55.4 Å². The zero-order valence-electron chi connectivity index (χ0n) is 14.2. The molecule has 4 nitrogen and oxygen atoms in total. The molecule has 0 atom stereocenters. The van der Waals surface area contributed by atoms with Crippen LogP contribution in [0.5, 0.6) is 0 Å². The van der Waals surface area contributed by atoms with Gasteiger partial charge in [0.05, 0.1) is 6.61 Å². The summed E-state index contributed by atoms with van der Waals surface area (Å²) in [5.41, 5.74) is 1.10. The van der Waals surface area contributed by atoms with Gasteiger partial charge in [0.1, 0.15) is 0 Å². The molecule has 0 bridgehead atoms. The molecule has 0 aromatic heterocycles. The van der Waals surface area contributed by atoms with Crippen molar-refractivity contribution in [1.82, 2.24) is 5.32 Å². The average Bonchev–Trinajstić information content (AvgIpc) is 2.60. The number of esters is 1. The van der Waals surface area contributed by atoms with Crippen molar-refractivity contribution in [3.05, 3.63) is 48.0 Å². The van der Waals surface area contributed by atoms with Crippen LogP contribution >= 0.6 is 0 Å². The van der Waals surface area contributed by atoms with E-state index < -0.39 is 0 Å². The number of carbonyl (C=O) groups excluding carboxylic acids is 2. The second-order valence-corrected chi connectivity index (χ2v) is 5.84. The summed E-state index contributed by atoms with van der Waals surface area (Å²) in [6.07, 6.45) is 3.05. The van der Waals surface area contributed by atoms with E-state index in [9.17, 15) is 9.59 Å². The number of unbranched alkanes of at least 4 members (excludes halogenated alkanes) is 1. The normalized spacial score (nSPS) is 10.5. The van der Waals surface area contributed by atoms with Gasteiger partial charge in [-0.25, -0.2) is 0 Å². The van der Waals surface area contributed by atoms with Gasteiger partial charge in [0, 0.05) is 19.4 Å². The molecule has 1 amide bonds. The van der Waals surface area contributed by atoms with Crippen molar-refractivity contribution in [2.45, 2.75) is 45.6 Å². The van der Waals surface area contributed by atoms with Crippen LogP contribution in [0.2, 0.25) is 0 Å². The first-order chi connectivity index (χ1) is 11.7. The van der Waals surface area contributed by atoms with Crippen LogP contribution in [-0.4, -0.2) is 18.5 Å². The van der Waals surface area contributed by atoms with Gasteiger partial charge >= 0.3 is 5.97 Å². The molecule has 24 heavy (non-hydrogen) atoms. The highest BCUT2D eigenvalue weighted by atomic mass is 16.5. The second-order valence-electron chi connectivity index (χ2n) is 5.84. The fourth-order valence-corrected chi connectivity index (χ4v) is 2.52. The zero-order chi connectivity index (χ0) is 17.2. The van der Waals surface area contributed by atoms with Crippen molar-refractivity contribution in [1.29, 1.82) is 0 Å². The summed E-state index contributed by atoms with van der Waals surface area (Å²) in [6, 6.07) is 14.2. The van der Waals surface area contributed by atoms with E-state index in [0.29, 0.717) is 32.4 Å². The summed E-state index contributed by atoms with van der Waals surface area (Å²) >= 11 is 0. The van der Waals surface area contributed by atoms with Crippen molar-refractivity contribution in [2.75, 3.05) is 6.61 Å². The van der Waals surface area contributed by atoms with E-state index in [1.807, 2.05) is 31.2 Å². The zero-order valence-corrected chi connectivity index (χ0v) is 14.2. The van der Waals surface area contributed by atoms with E-state index in [0.717, 1.165) is 23.8 Å². The molecule has 0 spiro atoms. The number of fused-ring (bicyclic) bond motifs is 1. The summed E-state index contributed by atoms with van der Waals surface area (Å²) in [7, 11) is 0. The molecular formula is C20H25NO3. The number of amides is 1. The van der Waals surface area contributed by atoms with E-state index in [1.165, 1.54) is 5.39 Å². The number of rotatable bonds is 9. The van der Waals surface area contributed by atoms with Gasteiger partial charge in [0.2, 0.25) is 5.91 Å². The van der Waals surface area contributed by atoms with Crippen LogP contribution in [-0.2, 0) is 20.9 Å². The number of carbonyl (C=O) groups is 2. The van der Waals surface area contributed by atoms with Gasteiger partial charge in [-0.1, -0.05) is 55.8 Å². The Morgan fingerprint density at radius 2 is 1.79 bits per heavy atom. The van der Waals surface area contributed by atoms with Crippen LogP contribution in [0, 0.1) is 0 Å². The van der Waals surface area contributed by atoms with Crippen LogP contribution < -0.4 is 5.32 Å². The number of ether oxygens (including phenoxy) is 1. The van der Waals surface area contributed by atoms with Gasteiger partial charge < -0.3 is 10.1 Å². The molecule has 0 saturated heterocycles. The molecule has 0 unspecified atom stereocenters. The maximum absolute atomic E-state index is 11.9. The molecule has 2 rings (SSSR count). The lowest BCUT2D eigenvalue weighted by atomic mass is 10.0. The standard InChI is InChI=1S/C20H25NO3/c1-2-3-14-24-20(23)13-7-12-19(22)21-15-17-10-6-9-16-8-4-5-11-18(16)17/h4-6,8-11H,2-3,7,12-15H2,1H3,(H,21,22). The third-order valence-electron chi connectivity index (χ3n) is 3.90. The number of nitrogens with one attached hydrogen (secondary N) is 1. The first-order valence-electron chi connectivity index (χ1n) is 8.59. The summed E-state index contributed by atoms with van der Waals surface area (Å²) in [5, 5.41) is 5.24. The second kappa shape index (κ2) is 9.71. The number of benzene rings is 2. The molecule has 0 radical (unpaired) electrons. The van der Waals surface area contributed by atoms with Crippen molar-refractivity contribution >= 4 is 22.6 Å². The summed E-state index contributed by atoms with van der Waals surface area (Å²) in [4.78, 5) is 23.4. The Morgan fingerprint density at radius 1 is 1.00 bits per heavy atom. The Morgan fingerprint density at radius 3 is 2.62 bits per heavy atom. The maximum Gasteiger partial charge on any atom is 0.305 e. The van der Waals surface area contributed by atoms with E-state index in [1.54, 1.807) is 0 Å². The van der Waals surface area contributed by atoms with Crippen LogP contribution in [0.1, 0.15) is 44.6 Å². The summed E-state index contributed by atoms with van der Waals surface area (Å²) < 4.78 is 5.07. The van der Waals surface area contributed by atoms with Gasteiger partial charge in [0.15, 0.2) is 0 Å². The molecular weight excluding hydrogens is 302 g/mol. The Labute approximate surface area is 143 Å². The maximum atomic E-state index is 11.9. The molecule has 4 heteroatoms. The van der Waals surface area contributed by atoms with Crippen molar-refractivity contribution in [2.24, 2.45) is 0 Å². The predicted molar refractivity (Wildman–Crippen MR) is 95.5 cm³/mol. The highest BCUT2D eigenvalue weighted by Crippen LogP contribution is 2.18. The average molecular weight is 327 g/mol. The Bertz CT molecular complexity index is 676. The number of hydrogen-bond acceptors (Lipinski definition) is 3. The molecule has 0 aliphatic rings.